The lowest BCUT2D eigenvalue weighted by molar-refractivity contribution is 0.506. The zero-order chi connectivity index (χ0) is 10.4. The second kappa shape index (κ2) is 5.64. The third-order valence-electron chi connectivity index (χ3n) is 2.87. The highest BCUT2D eigenvalue weighted by atomic mass is 14.1. The summed E-state index contributed by atoms with van der Waals surface area (Å²) in [6, 6.07) is 10.5. The lowest BCUT2D eigenvalue weighted by Gasteiger charge is -2.14. The Labute approximate surface area is 87.7 Å². The Morgan fingerprint density at radius 2 is 1.71 bits per heavy atom. The number of allylic oxidation sites excluding steroid dienone is 1. The molecule has 0 spiro atoms. The van der Waals surface area contributed by atoms with Gasteiger partial charge in [0.1, 0.15) is 0 Å². The van der Waals surface area contributed by atoms with Crippen LogP contribution in [0.1, 0.15) is 38.7 Å². The van der Waals surface area contributed by atoms with E-state index < -0.39 is 0 Å². The van der Waals surface area contributed by atoms with Crippen molar-refractivity contribution >= 4 is 5.57 Å². The van der Waals surface area contributed by atoms with E-state index in [2.05, 4.69) is 44.7 Å². The summed E-state index contributed by atoms with van der Waals surface area (Å²) in [7, 11) is 0. The summed E-state index contributed by atoms with van der Waals surface area (Å²) in [6.07, 6.45) is 3.64. The Balaban J connectivity index is 2.59. The average Bonchev–Trinajstić information content (AvgIpc) is 2.26. The highest BCUT2D eigenvalue weighted by Gasteiger charge is 2.06. The smallest absolute Gasteiger partial charge is 0.0230 e. The van der Waals surface area contributed by atoms with Crippen LogP contribution in [0.4, 0.5) is 0 Å². The van der Waals surface area contributed by atoms with Crippen LogP contribution in [-0.4, -0.2) is 0 Å². The molecule has 0 aliphatic carbocycles. The van der Waals surface area contributed by atoms with Crippen molar-refractivity contribution in [3.8, 4) is 0 Å². The maximum Gasteiger partial charge on any atom is -0.0230 e. The van der Waals surface area contributed by atoms with Crippen LogP contribution in [0.3, 0.4) is 0 Å². The van der Waals surface area contributed by atoms with Gasteiger partial charge in [0, 0.05) is 0 Å². The molecular weight excluding hydrogens is 168 g/mol. The van der Waals surface area contributed by atoms with E-state index in [1.807, 2.05) is 6.07 Å². The molecule has 0 aliphatic rings. The maximum absolute atomic E-state index is 4.16. The lowest BCUT2D eigenvalue weighted by atomic mass is 9.92. The number of rotatable bonds is 5. The molecule has 1 aromatic carbocycles. The summed E-state index contributed by atoms with van der Waals surface area (Å²) in [4.78, 5) is 0. The largest absolute Gasteiger partial charge is 0.0952 e. The van der Waals surface area contributed by atoms with Crippen LogP contribution in [0.15, 0.2) is 36.9 Å². The Morgan fingerprint density at radius 3 is 2.21 bits per heavy atom. The lowest BCUT2D eigenvalue weighted by Crippen LogP contribution is -1.97. The molecule has 1 aromatic rings. The monoisotopic (exact) mass is 188 g/mol. The van der Waals surface area contributed by atoms with E-state index in [4.69, 9.17) is 0 Å². The second-order valence-corrected chi connectivity index (χ2v) is 3.86. The average molecular weight is 188 g/mol. The van der Waals surface area contributed by atoms with E-state index in [9.17, 15) is 0 Å². The summed E-state index contributed by atoms with van der Waals surface area (Å²) in [5.74, 6) is 0.794. The highest BCUT2D eigenvalue weighted by molar-refractivity contribution is 5.63. The standard InChI is InChI=1S/C14H20/c1-4-13(5-2)11-12(3)14-9-7-6-8-10-14/h6-10,13H,3-5,11H2,1-2H3. The van der Waals surface area contributed by atoms with Gasteiger partial charge in [-0.2, -0.15) is 0 Å². The van der Waals surface area contributed by atoms with E-state index in [1.54, 1.807) is 0 Å². The minimum absolute atomic E-state index is 0.794. The molecule has 0 saturated heterocycles. The normalized spacial score (nSPS) is 10.5. The van der Waals surface area contributed by atoms with Crippen molar-refractivity contribution in [1.29, 1.82) is 0 Å². The predicted molar refractivity (Wildman–Crippen MR) is 64.2 cm³/mol. The van der Waals surface area contributed by atoms with Crippen molar-refractivity contribution in [3.63, 3.8) is 0 Å². The summed E-state index contributed by atoms with van der Waals surface area (Å²) in [5.41, 5.74) is 2.57. The molecule has 0 heterocycles. The first-order valence-electron chi connectivity index (χ1n) is 5.51. The SMILES string of the molecule is C=C(CC(CC)CC)c1ccccc1. The van der Waals surface area contributed by atoms with Crippen LogP contribution in [0.25, 0.3) is 5.57 Å². The van der Waals surface area contributed by atoms with E-state index in [0.717, 1.165) is 12.3 Å². The fourth-order valence-electron chi connectivity index (χ4n) is 1.72. The molecule has 0 bridgehead atoms. The first-order valence-corrected chi connectivity index (χ1v) is 5.51. The van der Waals surface area contributed by atoms with Crippen LogP contribution < -0.4 is 0 Å². The van der Waals surface area contributed by atoms with Gasteiger partial charge in [-0.1, -0.05) is 63.6 Å². The Kier molecular flexibility index (Phi) is 4.45. The summed E-state index contributed by atoms with van der Waals surface area (Å²) < 4.78 is 0. The van der Waals surface area contributed by atoms with Crippen molar-refractivity contribution in [3.05, 3.63) is 42.5 Å². The Hall–Kier alpha value is -1.04. The molecule has 0 heteroatoms. The van der Waals surface area contributed by atoms with Gasteiger partial charge in [-0.25, -0.2) is 0 Å². The summed E-state index contributed by atoms with van der Waals surface area (Å²) in [6.45, 7) is 8.67. The molecular formula is C14H20. The quantitative estimate of drug-likeness (QED) is 0.637. The molecule has 1 rings (SSSR count). The van der Waals surface area contributed by atoms with Gasteiger partial charge >= 0.3 is 0 Å². The molecule has 0 radical (unpaired) electrons. The van der Waals surface area contributed by atoms with E-state index >= 15 is 0 Å². The van der Waals surface area contributed by atoms with Crippen LogP contribution in [0.2, 0.25) is 0 Å². The molecule has 0 unspecified atom stereocenters. The van der Waals surface area contributed by atoms with Crippen molar-refractivity contribution < 1.29 is 0 Å². The second-order valence-electron chi connectivity index (χ2n) is 3.86. The molecule has 14 heavy (non-hydrogen) atoms. The van der Waals surface area contributed by atoms with Gasteiger partial charge in [-0.3, -0.25) is 0 Å². The molecule has 0 amide bonds. The minimum atomic E-state index is 0.794. The van der Waals surface area contributed by atoms with Gasteiger partial charge in [-0.15, -0.1) is 0 Å². The van der Waals surface area contributed by atoms with Crippen molar-refractivity contribution in [2.75, 3.05) is 0 Å². The fraction of sp³-hybridized carbons (Fsp3) is 0.429. The molecule has 0 aliphatic heterocycles. The van der Waals surface area contributed by atoms with E-state index in [0.29, 0.717) is 0 Å². The Bertz CT molecular complexity index is 267. The molecule has 0 nitrogen and oxygen atoms in total. The first-order chi connectivity index (χ1) is 6.77. The molecule has 0 atom stereocenters. The Morgan fingerprint density at radius 1 is 1.14 bits per heavy atom. The molecule has 76 valence electrons. The highest BCUT2D eigenvalue weighted by Crippen LogP contribution is 2.24. The number of hydrogen-bond acceptors (Lipinski definition) is 0. The minimum Gasteiger partial charge on any atom is -0.0952 e. The van der Waals surface area contributed by atoms with E-state index in [1.165, 1.54) is 24.0 Å². The van der Waals surface area contributed by atoms with Crippen molar-refractivity contribution in [1.82, 2.24) is 0 Å². The summed E-state index contributed by atoms with van der Waals surface area (Å²) in [5, 5.41) is 0. The van der Waals surface area contributed by atoms with Gasteiger partial charge in [0.2, 0.25) is 0 Å². The topological polar surface area (TPSA) is 0 Å². The van der Waals surface area contributed by atoms with Crippen LogP contribution in [0, 0.1) is 5.92 Å². The van der Waals surface area contributed by atoms with Crippen LogP contribution >= 0.6 is 0 Å². The zero-order valence-corrected chi connectivity index (χ0v) is 9.29. The number of hydrogen-bond donors (Lipinski definition) is 0. The molecule has 0 N–H and O–H groups in total. The van der Waals surface area contributed by atoms with Crippen molar-refractivity contribution in [2.45, 2.75) is 33.1 Å². The van der Waals surface area contributed by atoms with Gasteiger partial charge in [0.05, 0.1) is 0 Å². The predicted octanol–water partition coefficient (Wildman–Crippen LogP) is 4.53. The van der Waals surface area contributed by atoms with E-state index in [-0.39, 0.29) is 0 Å². The molecule has 0 fully saturated rings. The van der Waals surface area contributed by atoms with Gasteiger partial charge in [0.25, 0.3) is 0 Å². The zero-order valence-electron chi connectivity index (χ0n) is 9.29. The molecule has 0 saturated carbocycles. The van der Waals surface area contributed by atoms with Crippen LogP contribution in [0.5, 0.6) is 0 Å². The summed E-state index contributed by atoms with van der Waals surface area (Å²) >= 11 is 0. The third-order valence-corrected chi connectivity index (χ3v) is 2.87. The fourth-order valence-corrected chi connectivity index (χ4v) is 1.72. The van der Waals surface area contributed by atoms with Gasteiger partial charge in [-0.05, 0) is 23.5 Å². The third kappa shape index (κ3) is 3.02. The maximum atomic E-state index is 4.16. The molecule has 0 aromatic heterocycles. The van der Waals surface area contributed by atoms with Crippen molar-refractivity contribution in [2.24, 2.45) is 5.92 Å². The van der Waals surface area contributed by atoms with Gasteiger partial charge < -0.3 is 0 Å². The van der Waals surface area contributed by atoms with Crippen LogP contribution in [-0.2, 0) is 0 Å². The van der Waals surface area contributed by atoms with Gasteiger partial charge in [0.15, 0.2) is 0 Å². The number of benzene rings is 1. The first kappa shape index (κ1) is 11.0.